The van der Waals surface area contributed by atoms with Crippen LogP contribution in [-0.4, -0.2) is 23.7 Å². The zero-order valence-corrected chi connectivity index (χ0v) is 11.7. The number of urea groups is 1. The average Bonchev–Trinajstić information content (AvgIpc) is 2.91. The Kier molecular flexibility index (Phi) is 4.84. The monoisotopic (exact) mass is 308 g/mol. The average molecular weight is 309 g/mol. The molecule has 21 heavy (non-hydrogen) atoms. The van der Waals surface area contributed by atoms with Gasteiger partial charge in [-0.3, -0.25) is 0 Å². The summed E-state index contributed by atoms with van der Waals surface area (Å²) in [5.74, 6) is -0.335. The Morgan fingerprint density at radius 1 is 1.29 bits per heavy atom. The largest absolute Gasteiger partial charge is 0.478 e. The molecule has 0 unspecified atom stereocenters. The summed E-state index contributed by atoms with van der Waals surface area (Å²) in [5, 5.41) is 14.1. The SMILES string of the molecule is O=C(NCCc1ccco1)Nc1ccc(C(=O)O)c(Cl)c1. The zero-order valence-electron chi connectivity index (χ0n) is 10.9. The number of carboxylic acids is 1. The first kappa shape index (κ1) is 14.9. The van der Waals surface area contributed by atoms with Gasteiger partial charge < -0.3 is 20.2 Å². The number of halogens is 1. The Hall–Kier alpha value is -2.47. The normalized spacial score (nSPS) is 10.1. The number of carboxylic acid groups (broad SMARTS) is 1. The van der Waals surface area contributed by atoms with E-state index in [1.54, 1.807) is 12.3 Å². The Morgan fingerprint density at radius 2 is 2.10 bits per heavy atom. The van der Waals surface area contributed by atoms with E-state index in [2.05, 4.69) is 10.6 Å². The second kappa shape index (κ2) is 6.81. The molecule has 1 aromatic carbocycles. The van der Waals surface area contributed by atoms with Crippen molar-refractivity contribution in [1.82, 2.24) is 5.32 Å². The quantitative estimate of drug-likeness (QED) is 0.791. The molecule has 0 radical (unpaired) electrons. The number of carbonyl (C=O) groups excluding carboxylic acids is 1. The Balaban J connectivity index is 1.85. The lowest BCUT2D eigenvalue weighted by Crippen LogP contribution is -2.30. The summed E-state index contributed by atoms with van der Waals surface area (Å²) in [6.07, 6.45) is 2.15. The van der Waals surface area contributed by atoms with Crippen molar-refractivity contribution in [3.63, 3.8) is 0 Å². The summed E-state index contributed by atoms with van der Waals surface area (Å²) in [7, 11) is 0. The molecule has 0 saturated carbocycles. The second-order valence-corrected chi connectivity index (χ2v) is 4.62. The standard InChI is InChI=1S/C14H13ClN2O4/c15-12-8-9(3-4-11(12)13(18)19)17-14(20)16-6-5-10-2-1-7-21-10/h1-4,7-8H,5-6H2,(H,18,19)(H2,16,17,20). The fourth-order valence-corrected chi connectivity index (χ4v) is 1.96. The van der Waals surface area contributed by atoms with Crippen LogP contribution in [0, 0.1) is 0 Å². The molecule has 110 valence electrons. The van der Waals surface area contributed by atoms with E-state index < -0.39 is 12.0 Å². The van der Waals surface area contributed by atoms with Gasteiger partial charge in [0.05, 0.1) is 16.8 Å². The van der Waals surface area contributed by atoms with E-state index in [1.807, 2.05) is 6.07 Å². The van der Waals surface area contributed by atoms with Crippen LogP contribution in [-0.2, 0) is 6.42 Å². The highest BCUT2D eigenvalue weighted by atomic mass is 35.5. The van der Waals surface area contributed by atoms with Crippen LogP contribution in [0.15, 0.2) is 41.0 Å². The van der Waals surface area contributed by atoms with Gasteiger partial charge in [-0.05, 0) is 30.3 Å². The summed E-state index contributed by atoms with van der Waals surface area (Å²) >= 11 is 5.81. The highest BCUT2D eigenvalue weighted by molar-refractivity contribution is 6.33. The van der Waals surface area contributed by atoms with Crippen LogP contribution >= 0.6 is 11.6 Å². The summed E-state index contributed by atoms with van der Waals surface area (Å²) in [6, 6.07) is 7.40. The molecule has 0 fully saturated rings. The van der Waals surface area contributed by atoms with E-state index in [1.165, 1.54) is 18.2 Å². The smallest absolute Gasteiger partial charge is 0.337 e. The molecule has 0 aliphatic rings. The number of amides is 2. The predicted octanol–water partition coefficient (Wildman–Crippen LogP) is 3.00. The minimum Gasteiger partial charge on any atom is -0.478 e. The molecular weight excluding hydrogens is 296 g/mol. The van der Waals surface area contributed by atoms with Crippen molar-refractivity contribution in [2.45, 2.75) is 6.42 Å². The molecule has 2 aromatic rings. The lowest BCUT2D eigenvalue weighted by molar-refractivity contribution is 0.0697. The summed E-state index contributed by atoms with van der Waals surface area (Å²) < 4.78 is 5.14. The number of carbonyl (C=O) groups is 2. The molecule has 0 saturated heterocycles. The van der Waals surface area contributed by atoms with E-state index >= 15 is 0 Å². The lowest BCUT2D eigenvalue weighted by Gasteiger charge is -2.08. The van der Waals surface area contributed by atoms with Crippen LogP contribution in [0.25, 0.3) is 0 Å². The van der Waals surface area contributed by atoms with E-state index in [4.69, 9.17) is 21.1 Å². The predicted molar refractivity (Wildman–Crippen MR) is 77.8 cm³/mol. The number of hydrogen-bond acceptors (Lipinski definition) is 3. The molecule has 3 N–H and O–H groups in total. The Labute approximate surface area is 125 Å². The van der Waals surface area contributed by atoms with Gasteiger partial charge in [0, 0.05) is 18.7 Å². The van der Waals surface area contributed by atoms with Gasteiger partial charge in [0.25, 0.3) is 0 Å². The first-order valence-corrected chi connectivity index (χ1v) is 6.54. The summed E-state index contributed by atoms with van der Waals surface area (Å²) in [4.78, 5) is 22.5. The van der Waals surface area contributed by atoms with E-state index in [-0.39, 0.29) is 10.6 Å². The molecule has 7 heteroatoms. The maximum Gasteiger partial charge on any atom is 0.337 e. The number of anilines is 1. The van der Waals surface area contributed by atoms with Gasteiger partial charge in [-0.2, -0.15) is 0 Å². The van der Waals surface area contributed by atoms with Crippen LogP contribution in [0.5, 0.6) is 0 Å². The molecule has 2 amide bonds. The fraction of sp³-hybridized carbons (Fsp3) is 0.143. The molecule has 0 spiro atoms. The molecule has 2 rings (SSSR count). The number of aromatic carboxylic acids is 1. The van der Waals surface area contributed by atoms with E-state index in [9.17, 15) is 9.59 Å². The highest BCUT2D eigenvalue weighted by Gasteiger charge is 2.10. The topological polar surface area (TPSA) is 91.6 Å². The van der Waals surface area contributed by atoms with E-state index in [0.717, 1.165) is 5.76 Å². The van der Waals surface area contributed by atoms with Crippen molar-refractivity contribution in [2.75, 3.05) is 11.9 Å². The molecule has 6 nitrogen and oxygen atoms in total. The van der Waals surface area contributed by atoms with Crippen molar-refractivity contribution < 1.29 is 19.1 Å². The molecule has 0 aliphatic carbocycles. The first-order chi connectivity index (χ1) is 10.1. The van der Waals surface area contributed by atoms with Gasteiger partial charge in [0.1, 0.15) is 5.76 Å². The Bertz CT molecular complexity index is 640. The maximum atomic E-state index is 11.7. The van der Waals surface area contributed by atoms with Crippen LogP contribution in [0.2, 0.25) is 5.02 Å². The van der Waals surface area contributed by atoms with Gasteiger partial charge in [0.15, 0.2) is 0 Å². The lowest BCUT2D eigenvalue weighted by atomic mass is 10.2. The molecule has 1 heterocycles. The van der Waals surface area contributed by atoms with E-state index in [0.29, 0.717) is 18.7 Å². The van der Waals surface area contributed by atoms with Gasteiger partial charge >= 0.3 is 12.0 Å². The third kappa shape index (κ3) is 4.25. The molecule has 1 aromatic heterocycles. The van der Waals surface area contributed by atoms with Crippen molar-refractivity contribution in [2.24, 2.45) is 0 Å². The Morgan fingerprint density at radius 3 is 2.71 bits per heavy atom. The third-order valence-electron chi connectivity index (χ3n) is 2.69. The number of benzene rings is 1. The van der Waals surface area contributed by atoms with Gasteiger partial charge in [-0.15, -0.1) is 0 Å². The van der Waals surface area contributed by atoms with Crippen molar-refractivity contribution >= 4 is 29.3 Å². The van der Waals surface area contributed by atoms with Crippen LogP contribution < -0.4 is 10.6 Å². The zero-order chi connectivity index (χ0) is 15.2. The van der Waals surface area contributed by atoms with Crippen LogP contribution in [0.3, 0.4) is 0 Å². The number of nitrogens with one attached hydrogen (secondary N) is 2. The maximum absolute atomic E-state index is 11.7. The van der Waals surface area contributed by atoms with Gasteiger partial charge in [-0.1, -0.05) is 11.6 Å². The molecular formula is C14H13ClN2O4. The van der Waals surface area contributed by atoms with Crippen LogP contribution in [0.4, 0.5) is 10.5 Å². The van der Waals surface area contributed by atoms with Crippen molar-refractivity contribution in [3.05, 3.63) is 52.9 Å². The molecule has 0 atom stereocenters. The van der Waals surface area contributed by atoms with Crippen LogP contribution in [0.1, 0.15) is 16.1 Å². The minimum atomic E-state index is -1.12. The fourth-order valence-electron chi connectivity index (χ4n) is 1.70. The highest BCUT2D eigenvalue weighted by Crippen LogP contribution is 2.20. The van der Waals surface area contributed by atoms with Gasteiger partial charge in [0.2, 0.25) is 0 Å². The summed E-state index contributed by atoms with van der Waals surface area (Å²) in [6.45, 7) is 0.417. The number of rotatable bonds is 5. The van der Waals surface area contributed by atoms with Crippen molar-refractivity contribution in [3.8, 4) is 0 Å². The van der Waals surface area contributed by atoms with Gasteiger partial charge in [-0.25, -0.2) is 9.59 Å². The minimum absolute atomic E-state index is 0.0135. The first-order valence-electron chi connectivity index (χ1n) is 6.16. The van der Waals surface area contributed by atoms with Crippen molar-refractivity contribution in [1.29, 1.82) is 0 Å². The molecule has 0 aliphatic heterocycles. The second-order valence-electron chi connectivity index (χ2n) is 4.21. The molecule has 0 bridgehead atoms. The number of hydrogen-bond donors (Lipinski definition) is 3. The summed E-state index contributed by atoms with van der Waals surface area (Å²) in [5.41, 5.74) is 0.404. The number of furan rings is 1. The third-order valence-corrected chi connectivity index (χ3v) is 3.01.